The zero-order chi connectivity index (χ0) is 15.9. The van der Waals surface area contributed by atoms with E-state index in [4.69, 9.17) is 11.0 Å². The van der Waals surface area contributed by atoms with Crippen LogP contribution in [-0.2, 0) is 4.79 Å². The highest BCUT2D eigenvalue weighted by Gasteiger charge is 2.24. The first kappa shape index (κ1) is 17.2. The van der Waals surface area contributed by atoms with Crippen molar-refractivity contribution in [2.45, 2.75) is 40.0 Å². The lowest BCUT2D eigenvalue weighted by Crippen LogP contribution is -2.25. The summed E-state index contributed by atoms with van der Waals surface area (Å²) >= 11 is 0. The van der Waals surface area contributed by atoms with Crippen molar-refractivity contribution in [3.8, 4) is 6.07 Å². The maximum Gasteiger partial charge on any atom is 0.224 e. The van der Waals surface area contributed by atoms with Crippen molar-refractivity contribution in [3.63, 3.8) is 0 Å². The lowest BCUT2D eigenvalue weighted by Gasteiger charge is -2.30. The Labute approximate surface area is 127 Å². The normalized spacial score (nSPS) is 12.5. The van der Waals surface area contributed by atoms with E-state index in [2.05, 4.69) is 32.2 Å². The van der Waals surface area contributed by atoms with Gasteiger partial charge < -0.3 is 11.1 Å². The third-order valence-electron chi connectivity index (χ3n) is 3.76. The molecule has 1 aromatic rings. The highest BCUT2D eigenvalue weighted by molar-refractivity contribution is 5.90. The number of anilines is 1. The summed E-state index contributed by atoms with van der Waals surface area (Å²) in [5, 5.41) is 11.6. The van der Waals surface area contributed by atoms with Crippen LogP contribution < -0.4 is 11.1 Å². The molecule has 1 atom stereocenters. The molecule has 0 spiro atoms. The number of carbonyl (C=O) groups is 1. The summed E-state index contributed by atoms with van der Waals surface area (Å²) in [6, 6.07) is 8.94. The first-order chi connectivity index (χ1) is 9.86. The first-order valence-corrected chi connectivity index (χ1v) is 7.37. The van der Waals surface area contributed by atoms with Crippen LogP contribution in [0.25, 0.3) is 0 Å². The Morgan fingerprint density at radius 3 is 2.38 bits per heavy atom. The number of nitrogens with one attached hydrogen (secondary N) is 1. The Kier molecular flexibility index (Phi) is 6.39. The highest BCUT2D eigenvalue weighted by atomic mass is 16.1. The van der Waals surface area contributed by atoms with Gasteiger partial charge in [0.1, 0.15) is 0 Å². The van der Waals surface area contributed by atoms with Crippen molar-refractivity contribution in [2.75, 3.05) is 11.9 Å². The monoisotopic (exact) mass is 287 g/mol. The van der Waals surface area contributed by atoms with Gasteiger partial charge in [-0.05, 0) is 55.0 Å². The van der Waals surface area contributed by atoms with Crippen molar-refractivity contribution < 1.29 is 4.79 Å². The fourth-order valence-corrected chi connectivity index (χ4v) is 2.37. The molecule has 4 nitrogen and oxygen atoms in total. The zero-order valence-corrected chi connectivity index (χ0v) is 13.1. The number of benzene rings is 1. The largest absolute Gasteiger partial charge is 0.330 e. The zero-order valence-electron chi connectivity index (χ0n) is 13.1. The second-order valence-electron chi connectivity index (χ2n) is 6.42. The fourth-order valence-electron chi connectivity index (χ4n) is 2.37. The van der Waals surface area contributed by atoms with E-state index >= 15 is 0 Å². The predicted octanol–water partition coefficient (Wildman–Crippen LogP) is 3.29. The van der Waals surface area contributed by atoms with Gasteiger partial charge in [0.2, 0.25) is 5.91 Å². The van der Waals surface area contributed by atoms with E-state index in [1.165, 1.54) is 0 Å². The first-order valence-electron chi connectivity index (χ1n) is 7.37. The lowest BCUT2D eigenvalue weighted by molar-refractivity contribution is -0.116. The number of nitriles is 1. The molecule has 1 amide bonds. The maximum atomic E-state index is 12.0. The van der Waals surface area contributed by atoms with Gasteiger partial charge in [-0.15, -0.1) is 0 Å². The quantitative estimate of drug-likeness (QED) is 0.842. The van der Waals surface area contributed by atoms with Crippen molar-refractivity contribution in [1.29, 1.82) is 5.26 Å². The van der Waals surface area contributed by atoms with Crippen molar-refractivity contribution >= 4 is 11.6 Å². The van der Waals surface area contributed by atoms with Crippen molar-refractivity contribution in [2.24, 2.45) is 17.1 Å². The molecule has 3 N–H and O–H groups in total. The fraction of sp³-hybridized carbons (Fsp3) is 0.529. The van der Waals surface area contributed by atoms with E-state index < -0.39 is 0 Å². The van der Waals surface area contributed by atoms with Gasteiger partial charge in [0.05, 0.1) is 11.6 Å². The van der Waals surface area contributed by atoms with Crippen LogP contribution in [0.15, 0.2) is 24.3 Å². The van der Waals surface area contributed by atoms with Gasteiger partial charge in [0, 0.05) is 12.1 Å². The molecule has 0 saturated heterocycles. The van der Waals surface area contributed by atoms with Gasteiger partial charge in [-0.3, -0.25) is 4.79 Å². The van der Waals surface area contributed by atoms with Gasteiger partial charge in [0.25, 0.3) is 0 Å². The van der Waals surface area contributed by atoms with Crippen LogP contribution in [0.3, 0.4) is 0 Å². The Hall–Kier alpha value is -1.86. The highest BCUT2D eigenvalue weighted by Crippen LogP contribution is 2.32. The van der Waals surface area contributed by atoms with Gasteiger partial charge in [-0.25, -0.2) is 0 Å². The van der Waals surface area contributed by atoms with E-state index in [1.54, 1.807) is 24.3 Å². The minimum atomic E-state index is 0.00554. The lowest BCUT2D eigenvalue weighted by atomic mass is 9.76. The minimum Gasteiger partial charge on any atom is -0.330 e. The molecular weight excluding hydrogens is 262 g/mol. The van der Waals surface area contributed by atoms with Gasteiger partial charge in [0.15, 0.2) is 0 Å². The van der Waals surface area contributed by atoms with Gasteiger partial charge in [-0.1, -0.05) is 20.8 Å². The van der Waals surface area contributed by atoms with Gasteiger partial charge >= 0.3 is 0 Å². The van der Waals surface area contributed by atoms with E-state index in [9.17, 15) is 4.79 Å². The molecular formula is C17H25N3O. The Morgan fingerprint density at radius 2 is 1.90 bits per heavy atom. The molecule has 0 aromatic heterocycles. The second-order valence-corrected chi connectivity index (χ2v) is 6.42. The van der Waals surface area contributed by atoms with E-state index in [-0.39, 0.29) is 11.3 Å². The molecule has 1 rings (SSSR count). The van der Waals surface area contributed by atoms with E-state index in [0.717, 1.165) is 18.5 Å². The Morgan fingerprint density at radius 1 is 1.29 bits per heavy atom. The third-order valence-corrected chi connectivity index (χ3v) is 3.76. The molecule has 0 aliphatic heterocycles. The molecule has 1 aromatic carbocycles. The number of hydrogen-bond donors (Lipinski definition) is 2. The Balaban J connectivity index is 2.51. The van der Waals surface area contributed by atoms with Crippen LogP contribution in [0, 0.1) is 22.7 Å². The number of nitrogens with two attached hydrogens (primary N) is 1. The van der Waals surface area contributed by atoms with Crippen LogP contribution in [0.1, 0.15) is 45.6 Å². The van der Waals surface area contributed by atoms with Crippen molar-refractivity contribution in [1.82, 2.24) is 0 Å². The molecule has 0 aliphatic rings. The second kappa shape index (κ2) is 7.80. The van der Waals surface area contributed by atoms with Crippen LogP contribution in [0.2, 0.25) is 0 Å². The molecule has 114 valence electrons. The molecule has 0 heterocycles. The minimum absolute atomic E-state index is 0.00554. The summed E-state index contributed by atoms with van der Waals surface area (Å²) < 4.78 is 0. The maximum absolute atomic E-state index is 12.0. The topological polar surface area (TPSA) is 78.9 Å². The molecule has 0 bridgehead atoms. The average Bonchev–Trinajstić information content (AvgIpc) is 2.43. The third kappa shape index (κ3) is 5.97. The smallest absolute Gasteiger partial charge is 0.224 e. The number of hydrogen-bond acceptors (Lipinski definition) is 3. The molecule has 4 heteroatoms. The number of rotatable bonds is 6. The molecule has 21 heavy (non-hydrogen) atoms. The summed E-state index contributed by atoms with van der Waals surface area (Å²) in [6.07, 6.45) is 2.26. The summed E-state index contributed by atoms with van der Waals surface area (Å²) in [5.74, 6) is 0.445. The van der Waals surface area contributed by atoms with Crippen LogP contribution in [-0.4, -0.2) is 12.5 Å². The van der Waals surface area contributed by atoms with E-state index in [1.807, 2.05) is 0 Å². The summed E-state index contributed by atoms with van der Waals surface area (Å²) in [5.41, 5.74) is 7.13. The molecule has 0 radical (unpaired) electrons. The summed E-state index contributed by atoms with van der Waals surface area (Å²) in [4.78, 5) is 12.0. The number of amides is 1. The number of nitrogens with zero attached hydrogens (tertiary/aromatic N) is 1. The van der Waals surface area contributed by atoms with Crippen LogP contribution in [0.4, 0.5) is 5.69 Å². The predicted molar refractivity (Wildman–Crippen MR) is 85.6 cm³/mol. The molecule has 0 fully saturated rings. The van der Waals surface area contributed by atoms with E-state index in [0.29, 0.717) is 24.4 Å². The number of carbonyl (C=O) groups excluding carboxylic acids is 1. The van der Waals surface area contributed by atoms with Crippen LogP contribution >= 0.6 is 0 Å². The molecule has 1 unspecified atom stereocenters. The molecule has 0 saturated carbocycles. The Bertz CT molecular complexity index is 494. The van der Waals surface area contributed by atoms with Crippen LogP contribution in [0.5, 0.6) is 0 Å². The SMILES string of the molecule is CC(C)(C)C(CCN)CCC(=O)Nc1ccc(C#N)cc1. The van der Waals surface area contributed by atoms with Gasteiger partial charge in [-0.2, -0.15) is 5.26 Å². The molecule has 0 aliphatic carbocycles. The summed E-state index contributed by atoms with van der Waals surface area (Å²) in [6.45, 7) is 7.21. The summed E-state index contributed by atoms with van der Waals surface area (Å²) in [7, 11) is 0. The standard InChI is InChI=1S/C17H25N3O/c1-17(2,3)14(10-11-18)6-9-16(21)20-15-7-4-13(12-19)5-8-15/h4-5,7-8,14H,6,9-11,18H2,1-3H3,(H,20,21). The average molecular weight is 287 g/mol. The van der Waals surface area contributed by atoms with Crippen molar-refractivity contribution in [3.05, 3.63) is 29.8 Å².